The first-order chi connectivity index (χ1) is 10.8. The molecule has 22 heavy (non-hydrogen) atoms. The van der Waals surface area contributed by atoms with Crippen molar-refractivity contribution in [1.29, 1.82) is 0 Å². The standard InChI is InChI=1S/C16H23N5S/c1-3-17-16(20-11-14-7-4-5-9-18-14)19-10-6-8-15-21-13(2)12-22-15/h4-5,7,9,12H,3,6,8,10-11H2,1-2H3,(H2,17,19,20). The van der Waals surface area contributed by atoms with E-state index in [-0.39, 0.29) is 0 Å². The molecule has 2 aromatic heterocycles. The van der Waals surface area contributed by atoms with Crippen molar-refractivity contribution in [2.75, 3.05) is 13.1 Å². The zero-order valence-electron chi connectivity index (χ0n) is 13.2. The van der Waals surface area contributed by atoms with E-state index < -0.39 is 0 Å². The number of pyridine rings is 1. The zero-order chi connectivity index (χ0) is 15.6. The molecule has 0 aromatic carbocycles. The molecule has 2 heterocycles. The summed E-state index contributed by atoms with van der Waals surface area (Å²) >= 11 is 1.73. The molecule has 0 saturated heterocycles. The van der Waals surface area contributed by atoms with Crippen molar-refractivity contribution < 1.29 is 0 Å². The number of aliphatic imine (C=N–C) groups is 1. The first-order valence-electron chi connectivity index (χ1n) is 7.61. The second-order valence-electron chi connectivity index (χ2n) is 4.93. The Morgan fingerprint density at radius 1 is 1.32 bits per heavy atom. The lowest BCUT2D eigenvalue weighted by Gasteiger charge is -2.10. The fourth-order valence-corrected chi connectivity index (χ4v) is 2.78. The van der Waals surface area contributed by atoms with Gasteiger partial charge in [-0.1, -0.05) is 6.07 Å². The average Bonchev–Trinajstić information content (AvgIpc) is 2.95. The lowest BCUT2D eigenvalue weighted by atomic mass is 10.3. The van der Waals surface area contributed by atoms with Crippen molar-refractivity contribution in [3.05, 3.63) is 46.2 Å². The van der Waals surface area contributed by atoms with Gasteiger partial charge in [-0.15, -0.1) is 11.3 Å². The van der Waals surface area contributed by atoms with E-state index in [2.05, 4.69) is 37.9 Å². The van der Waals surface area contributed by atoms with Crippen LogP contribution in [0.2, 0.25) is 0 Å². The first kappa shape index (κ1) is 16.4. The summed E-state index contributed by atoms with van der Waals surface area (Å²) in [6, 6.07) is 5.88. The maximum absolute atomic E-state index is 4.55. The van der Waals surface area contributed by atoms with Crippen LogP contribution in [0.1, 0.15) is 29.7 Å². The number of nitrogens with zero attached hydrogens (tertiary/aromatic N) is 3. The van der Waals surface area contributed by atoms with Crippen LogP contribution in [0.4, 0.5) is 0 Å². The molecule has 5 nitrogen and oxygen atoms in total. The van der Waals surface area contributed by atoms with Crippen LogP contribution >= 0.6 is 11.3 Å². The summed E-state index contributed by atoms with van der Waals surface area (Å²) in [5.41, 5.74) is 2.08. The highest BCUT2D eigenvalue weighted by Crippen LogP contribution is 2.10. The van der Waals surface area contributed by atoms with Gasteiger partial charge >= 0.3 is 0 Å². The van der Waals surface area contributed by atoms with Crippen molar-refractivity contribution in [3.63, 3.8) is 0 Å². The highest BCUT2D eigenvalue weighted by atomic mass is 32.1. The van der Waals surface area contributed by atoms with E-state index in [0.29, 0.717) is 6.54 Å². The molecule has 0 aliphatic carbocycles. The molecular weight excluding hydrogens is 294 g/mol. The lowest BCUT2D eigenvalue weighted by molar-refractivity contribution is 0.739. The summed E-state index contributed by atoms with van der Waals surface area (Å²) in [6.07, 6.45) is 3.84. The van der Waals surface area contributed by atoms with Gasteiger partial charge in [0, 0.05) is 36.8 Å². The number of nitrogens with one attached hydrogen (secondary N) is 2. The van der Waals surface area contributed by atoms with Crippen molar-refractivity contribution in [3.8, 4) is 0 Å². The molecular formula is C16H23N5S. The van der Waals surface area contributed by atoms with Gasteiger partial charge in [-0.05, 0) is 32.4 Å². The van der Waals surface area contributed by atoms with Gasteiger partial charge < -0.3 is 10.6 Å². The Labute approximate surface area is 135 Å². The summed E-state index contributed by atoms with van der Waals surface area (Å²) in [5, 5.41) is 9.91. The Morgan fingerprint density at radius 3 is 2.91 bits per heavy atom. The van der Waals surface area contributed by atoms with Gasteiger partial charge in [-0.2, -0.15) is 0 Å². The van der Waals surface area contributed by atoms with Crippen molar-refractivity contribution in [2.45, 2.75) is 33.2 Å². The quantitative estimate of drug-likeness (QED) is 0.468. The fraction of sp³-hybridized carbons (Fsp3) is 0.438. The Hall–Kier alpha value is -1.95. The molecule has 0 fully saturated rings. The minimum absolute atomic E-state index is 0.585. The Balaban J connectivity index is 1.76. The zero-order valence-corrected chi connectivity index (χ0v) is 14.0. The fourth-order valence-electron chi connectivity index (χ4n) is 1.96. The monoisotopic (exact) mass is 317 g/mol. The highest BCUT2D eigenvalue weighted by molar-refractivity contribution is 7.09. The highest BCUT2D eigenvalue weighted by Gasteiger charge is 2.00. The van der Waals surface area contributed by atoms with E-state index in [9.17, 15) is 0 Å². The molecule has 0 unspecified atom stereocenters. The number of thiazole rings is 1. The minimum Gasteiger partial charge on any atom is -0.357 e. The summed E-state index contributed by atoms with van der Waals surface area (Å²) < 4.78 is 0. The smallest absolute Gasteiger partial charge is 0.191 e. The number of rotatable bonds is 7. The van der Waals surface area contributed by atoms with Gasteiger partial charge in [-0.25, -0.2) is 9.98 Å². The third-order valence-electron chi connectivity index (χ3n) is 3.00. The van der Waals surface area contributed by atoms with E-state index in [1.54, 1.807) is 17.5 Å². The molecule has 0 aliphatic rings. The number of hydrogen-bond acceptors (Lipinski definition) is 4. The molecule has 2 N–H and O–H groups in total. The molecule has 0 amide bonds. The van der Waals surface area contributed by atoms with Crippen LogP contribution in [0.25, 0.3) is 0 Å². The van der Waals surface area contributed by atoms with Gasteiger partial charge in [0.25, 0.3) is 0 Å². The molecule has 2 aromatic rings. The third-order valence-corrected chi connectivity index (χ3v) is 4.02. The first-order valence-corrected chi connectivity index (χ1v) is 8.49. The summed E-state index contributed by atoms with van der Waals surface area (Å²) in [6.45, 7) is 6.41. The van der Waals surface area contributed by atoms with E-state index in [0.717, 1.165) is 43.3 Å². The number of hydrogen-bond donors (Lipinski definition) is 2. The molecule has 6 heteroatoms. The lowest BCUT2D eigenvalue weighted by Crippen LogP contribution is -2.37. The van der Waals surface area contributed by atoms with Crippen LogP contribution in [0.3, 0.4) is 0 Å². The van der Waals surface area contributed by atoms with E-state index in [1.165, 1.54) is 5.01 Å². The largest absolute Gasteiger partial charge is 0.357 e. The predicted molar refractivity (Wildman–Crippen MR) is 92.2 cm³/mol. The third kappa shape index (κ3) is 5.81. The van der Waals surface area contributed by atoms with E-state index in [4.69, 9.17) is 0 Å². The second-order valence-corrected chi connectivity index (χ2v) is 5.87. The van der Waals surface area contributed by atoms with Gasteiger partial charge in [-0.3, -0.25) is 4.98 Å². The Morgan fingerprint density at radius 2 is 2.23 bits per heavy atom. The van der Waals surface area contributed by atoms with Crippen molar-refractivity contribution in [1.82, 2.24) is 20.6 Å². The average molecular weight is 317 g/mol. The molecule has 0 radical (unpaired) electrons. The molecule has 2 rings (SSSR count). The van der Waals surface area contributed by atoms with Gasteiger partial charge in [0.15, 0.2) is 5.96 Å². The topological polar surface area (TPSA) is 62.2 Å². The second kappa shape index (κ2) is 9.15. The van der Waals surface area contributed by atoms with Crippen molar-refractivity contribution >= 4 is 17.3 Å². The number of guanidine groups is 1. The number of aromatic nitrogens is 2. The molecule has 0 saturated carbocycles. The normalized spacial score (nSPS) is 11.5. The Kier molecular flexibility index (Phi) is 6.83. The van der Waals surface area contributed by atoms with Crippen LogP contribution in [-0.4, -0.2) is 29.0 Å². The van der Waals surface area contributed by atoms with Crippen LogP contribution in [0.5, 0.6) is 0 Å². The van der Waals surface area contributed by atoms with Crippen molar-refractivity contribution in [2.24, 2.45) is 4.99 Å². The summed E-state index contributed by atoms with van der Waals surface area (Å²) in [5.74, 6) is 0.837. The van der Waals surface area contributed by atoms with E-state index in [1.807, 2.05) is 25.1 Å². The SMILES string of the molecule is CCNC(=NCc1ccccn1)NCCCc1nc(C)cs1. The van der Waals surface area contributed by atoms with Gasteiger partial charge in [0.2, 0.25) is 0 Å². The van der Waals surface area contributed by atoms with Crippen LogP contribution in [0.15, 0.2) is 34.8 Å². The molecule has 118 valence electrons. The molecule has 0 atom stereocenters. The summed E-state index contributed by atoms with van der Waals surface area (Å²) in [7, 11) is 0. The van der Waals surface area contributed by atoms with Crippen LogP contribution in [-0.2, 0) is 13.0 Å². The predicted octanol–water partition coefficient (Wildman–Crippen LogP) is 2.53. The van der Waals surface area contributed by atoms with E-state index >= 15 is 0 Å². The van der Waals surface area contributed by atoms with Crippen LogP contribution < -0.4 is 10.6 Å². The maximum atomic E-state index is 4.55. The molecule has 0 spiro atoms. The van der Waals surface area contributed by atoms with Gasteiger partial charge in [0.05, 0.1) is 17.2 Å². The minimum atomic E-state index is 0.585. The number of aryl methyl sites for hydroxylation is 2. The maximum Gasteiger partial charge on any atom is 0.191 e. The van der Waals surface area contributed by atoms with Crippen LogP contribution in [0, 0.1) is 6.92 Å². The van der Waals surface area contributed by atoms with Gasteiger partial charge in [0.1, 0.15) is 0 Å². The Bertz CT molecular complexity index is 579. The molecule has 0 aliphatic heterocycles. The summed E-state index contributed by atoms with van der Waals surface area (Å²) in [4.78, 5) is 13.3. The molecule has 0 bridgehead atoms.